The van der Waals surface area contributed by atoms with Crippen LogP contribution in [0.3, 0.4) is 0 Å². The van der Waals surface area contributed by atoms with Crippen molar-refractivity contribution in [3.8, 4) is 0 Å². The fourth-order valence-electron chi connectivity index (χ4n) is 3.20. The van der Waals surface area contributed by atoms with Gasteiger partial charge in [-0.05, 0) is 49.5 Å². The van der Waals surface area contributed by atoms with Crippen LogP contribution in [0.25, 0.3) is 0 Å². The van der Waals surface area contributed by atoms with Crippen molar-refractivity contribution in [3.05, 3.63) is 0 Å². The number of hydrogen-bond acceptors (Lipinski definition) is 1. The van der Waals surface area contributed by atoms with Crippen LogP contribution in [0.2, 0.25) is 0 Å². The summed E-state index contributed by atoms with van der Waals surface area (Å²) in [4.78, 5) is 0. The molecule has 15 heavy (non-hydrogen) atoms. The highest BCUT2D eigenvalue weighted by molar-refractivity contribution is 4.88. The van der Waals surface area contributed by atoms with Gasteiger partial charge in [-0.15, -0.1) is 0 Å². The first kappa shape index (κ1) is 11.4. The molecule has 2 aliphatic carbocycles. The van der Waals surface area contributed by atoms with Crippen LogP contribution in [0.1, 0.15) is 59.3 Å². The lowest BCUT2D eigenvalue weighted by Crippen LogP contribution is -2.37. The van der Waals surface area contributed by atoms with Gasteiger partial charge < -0.3 is 5.32 Å². The van der Waals surface area contributed by atoms with E-state index in [9.17, 15) is 0 Å². The van der Waals surface area contributed by atoms with Crippen molar-refractivity contribution in [3.63, 3.8) is 0 Å². The topological polar surface area (TPSA) is 12.0 Å². The molecule has 2 atom stereocenters. The average Bonchev–Trinajstić information content (AvgIpc) is 2.97. The molecule has 0 heterocycles. The molecule has 0 aromatic carbocycles. The molecular weight excluding hydrogens is 182 g/mol. The Balaban J connectivity index is 1.86. The van der Waals surface area contributed by atoms with Crippen LogP contribution >= 0.6 is 0 Å². The minimum absolute atomic E-state index is 0.510. The molecule has 2 saturated carbocycles. The molecule has 0 aromatic heterocycles. The van der Waals surface area contributed by atoms with Gasteiger partial charge in [0, 0.05) is 6.04 Å². The van der Waals surface area contributed by atoms with E-state index in [1.54, 1.807) is 0 Å². The Morgan fingerprint density at radius 3 is 2.27 bits per heavy atom. The van der Waals surface area contributed by atoms with E-state index in [1.807, 2.05) is 0 Å². The Labute approximate surface area is 95.0 Å². The molecule has 0 aliphatic heterocycles. The quantitative estimate of drug-likeness (QED) is 0.749. The molecule has 0 aromatic rings. The average molecular weight is 209 g/mol. The molecule has 2 aliphatic rings. The van der Waals surface area contributed by atoms with E-state index < -0.39 is 0 Å². The molecular formula is C14H27N. The van der Waals surface area contributed by atoms with Crippen molar-refractivity contribution in [2.24, 2.45) is 17.3 Å². The molecule has 88 valence electrons. The third-order valence-corrected chi connectivity index (χ3v) is 4.27. The van der Waals surface area contributed by atoms with Crippen molar-refractivity contribution >= 4 is 0 Å². The van der Waals surface area contributed by atoms with Crippen LogP contribution in [0, 0.1) is 17.3 Å². The van der Waals surface area contributed by atoms with Crippen molar-refractivity contribution in [1.82, 2.24) is 5.32 Å². The normalized spacial score (nSPS) is 33.0. The van der Waals surface area contributed by atoms with Gasteiger partial charge in [0.15, 0.2) is 0 Å². The zero-order valence-electron chi connectivity index (χ0n) is 10.7. The maximum absolute atomic E-state index is 3.73. The monoisotopic (exact) mass is 209 g/mol. The number of nitrogens with one attached hydrogen (secondary N) is 1. The molecule has 0 spiro atoms. The molecule has 2 rings (SSSR count). The smallest absolute Gasteiger partial charge is 0.00683 e. The van der Waals surface area contributed by atoms with E-state index in [4.69, 9.17) is 0 Å². The van der Waals surface area contributed by atoms with Gasteiger partial charge in [-0.25, -0.2) is 0 Å². The summed E-state index contributed by atoms with van der Waals surface area (Å²) in [6.45, 7) is 8.56. The SMILES string of the molecule is CC(C)(C)C1CCCCC1CNC1CC1. The maximum Gasteiger partial charge on any atom is 0.00683 e. The fraction of sp³-hybridized carbons (Fsp3) is 1.00. The van der Waals surface area contributed by atoms with E-state index in [1.165, 1.54) is 45.1 Å². The Bertz CT molecular complexity index is 200. The summed E-state index contributed by atoms with van der Waals surface area (Å²) in [6.07, 6.45) is 8.69. The van der Waals surface area contributed by atoms with Crippen LogP contribution in [-0.4, -0.2) is 12.6 Å². The summed E-state index contributed by atoms with van der Waals surface area (Å²) in [6, 6.07) is 0.882. The van der Waals surface area contributed by atoms with Crippen LogP contribution in [0.15, 0.2) is 0 Å². The Kier molecular flexibility index (Phi) is 3.39. The Morgan fingerprint density at radius 1 is 1.00 bits per heavy atom. The predicted molar refractivity (Wildman–Crippen MR) is 65.9 cm³/mol. The van der Waals surface area contributed by atoms with Gasteiger partial charge in [0.05, 0.1) is 0 Å². The van der Waals surface area contributed by atoms with Gasteiger partial charge >= 0.3 is 0 Å². The summed E-state index contributed by atoms with van der Waals surface area (Å²) < 4.78 is 0. The van der Waals surface area contributed by atoms with Gasteiger partial charge in [0.1, 0.15) is 0 Å². The third kappa shape index (κ3) is 3.21. The second kappa shape index (κ2) is 4.45. The van der Waals surface area contributed by atoms with Gasteiger partial charge in [0.2, 0.25) is 0 Å². The molecule has 1 heteroatoms. The van der Waals surface area contributed by atoms with Gasteiger partial charge in [0.25, 0.3) is 0 Å². The Morgan fingerprint density at radius 2 is 1.67 bits per heavy atom. The summed E-state index contributed by atoms with van der Waals surface area (Å²) >= 11 is 0. The summed E-state index contributed by atoms with van der Waals surface area (Å²) in [7, 11) is 0. The number of rotatable bonds is 3. The van der Waals surface area contributed by atoms with Crippen LogP contribution < -0.4 is 5.32 Å². The molecule has 1 nitrogen and oxygen atoms in total. The minimum Gasteiger partial charge on any atom is -0.314 e. The molecule has 0 radical (unpaired) electrons. The second-order valence-electron chi connectivity index (χ2n) is 6.70. The molecule has 0 saturated heterocycles. The van der Waals surface area contributed by atoms with Crippen molar-refractivity contribution in [2.45, 2.75) is 65.3 Å². The largest absolute Gasteiger partial charge is 0.314 e. The number of hydrogen-bond donors (Lipinski definition) is 1. The zero-order chi connectivity index (χ0) is 10.9. The van der Waals surface area contributed by atoms with Crippen LogP contribution in [0.4, 0.5) is 0 Å². The van der Waals surface area contributed by atoms with Gasteiger partial charge in [-0.1, -0.05) is 33.6 Å². The predicted octanol–water partition coefficient (Wildman–Crippen LogP) is 3.59. The fourth-order valence-corrected chi connectivity index (χ4v) is 3.20. The van der Waals surface area contributed by atoms with Crippen molar-refractivity contribution < 1.29 is 0 Å². The Hall–Kier alpha value is -0.0400. The molecule has 2 fully saturated rings. The lowest BCUT2D eigenvalue weighted by molar-refractivity contribution is 0.106. The first-order chi connectivity index (χ1) is 7.07. The lowest BCUT2D eigenvalue weighted by Gasteiger charge is -2.40. The molecule has 1 N–H and O–H groups in total. The van der Waals surface area contributed by atoms with Gasteiger partial charge in [-0.2, -0.15) is 0 Å². The van der Waals surface area contributed by atoms with Crippen LogP contribution in [-0.2, 0) is 0 Å². The van der Waals surface area contributed by atoms with Crippen molar-refractivity contribution in [1.29, 1.82) is 0 Å². The summed E-state index contributed by atoms with van der Waals surface area (Å²) in [5, 5.41) is 3.73. The van der Waals surface area contributed by atoms with Gasteiger partial charge in [-0.3, -0.25) is 0 Å². The maximum atomic E-state index is 3.73. The van der Waals surface area contributed by atoms with E-state index in [0.717, 1.165) is 17.9 Å². The van der Waals surface area contributed by atoms with E-state index in [0.29, 0.717) is 5.41 Å². The van der Waals surface area contributed by atoms with E-state index in [2.05, 4.69) is 26.1 Å². The van der Waals surface area contributed by atoms with Crippen molar-refractivity contribution in [2.75, 3.05) is 6.54 Å². The highest BCUT2D eigenvalue weighted by Gasteiger charge is 2.34. The lowest BCUT2D eigenvalue weighted by atomic mass is 9.66. The van der Waals surface area contributed by atoms with E-state index in [-0.39, 0.29) is 0 Å². The minimum atomic E-state index is 0.510. The zero-order valence-corrected chi connectivity index (χ0v) is 10.7. The molecule has 2 unspecified atom stereocenters. The first-order valence-electron chi connectivity index (χ1n) is 6.81. The van der Waals surface area contributed by atoms with E-state index >= 15 is 0 Å². The highest BCUT2D eigenvalue weighted by atomic mass is 14.9. The second-order valence-corrected chi connectivity index (χ2v) is 6.70. The molecule has 0 amide bonds. The third-order valence-electron chi connectivity index (χ3n) is 4.27. The molecule has 0 bridgehead atoms. The van der Waals surface area contributed by atoms with Crippen LogP contribution in [0.5, 0.6) is 0 Å². The highest BCUT2D eigenvalue weighted by Crippen LogP contribution is 2.41. The standard InChI is InChI=1S/C14H27N/c1-14(2,3)13-7-5-4-6-11(13)10-15-12-8-9-12/h11-13,15H,4-10H2,1-3H3. The summed E-state index contributed by atoms with van der Waals surface area (Å²) in [5.74, 6) is 1.89. The summed E-state index contributed by atoms with van der Waals surface area (Å²) in [5.41, 5.74) is 0.510. The first-order valence-corrected chi connectivity index (χ1v) is 6.81.